The van der Waals surface area contributed by atoms with E-state index in [4.69, 9.17) is 4.74 Å². The maximum absolute atomic E-state index is 5.58. The van der Waals surface area contributed by atoms with E-state index >= 15 is 0 Å². The summed E-state index contributed by atoms with van der Waals surface area (Å²) in [6, 6.07) is 6.85. The van der Waals surface area contributed by atoms with E-state index in [9.17, 15) is 0 Å². The van der Waals surface area contributed by atoms with Gasteiger partial charge in [-0.2, -0.15) is 0 Å². The molecule has 0 saturated carbocycles. The third-order valence-electron chi connectivity index (χ3n) is 3.40. The summed E-state index contributed by atoms with van der Waals surface area (Å²) in [5, 5.41) is 0. The lowest BCUT2D eigenvalue weighted by Gasteiger charge is -2.21. The van der Waals surface area contributed by atoms with E-state index in [2.05, 4.69) is 52.8 Å². The average Bonchev–Trinajstić information content (AvgIpc) is 2.30. The third kappa shape index (κ3) is 3.32. The first-order chi connectivity index (χ1) is 8.01. The Hall–Kier alpha value is -0.820. The van der Waals surface area contributed by atoms with E-state index in [1.165, 1.54) is 16.7 Å². The summed E-state index contributed by atoms with van der Waals surface area (Å²) < 4.78 is 5.58. The second-order valence-electron chi connectivity index (χ2n) is 5.33. The second-order valence-corrected chi connectivity index (χ2v) is 5.33. The van der Waals surface area contributed by atoms with Crippen LogP contribution >= 0.6 is 0 Å². The Morgan fingerprint density at radius 2 is 1.65 bits per heavy atom. The van der Waals surface area contributed by atoms with Crippen LogP contribution in [0.5, 0.6) is 0 Å². The molecule has 17 heavy (non-hydrogen) atoms. The van der Waals surface area contributed by atoms with Crippen LogP contribution in [-0.4, -0.2) is 7.11 Å². The molecule has 0 radical (unpaired) electrons. The fraction of sp³-hybridized carbons (Fsp3) is 0.625. The summed E-state index contributed by atoms with van der Waals surface area (Å²) in [4.78, 5) is 0. The van der Waals surface area contributed by atoms with Crippen LogP contribution in [-0.2, 0) is 4.74 Å². The molecule has 1 rings (SSSR count). The zero-order valence-electron chi connectivity index (χ0n) is 12.1. The van der Waals surface area contributed by atoms with Crippen LogP contribution in [0.15, 0.2) is 18.2 Å². The topological polar surface area (TPSA) is 9.23 Å². The summed E-state index contributed by atoms with van der Waals surface area (Å²) in [5.41, 5.74) is 4.21. The average molecular weight is 234 g/mol. The Morgan fingerprint density at radius 1 is 1.00 bits per heavy atom. The first-order valence-corrected chi connectivity index (χ1v) is 6.67. The summed E-state index contributed by atoms with van der Waals surface area (Å²) in [6.07, 6.45) is 1.26. The standard InChI is InChI=1S/C16H26O/c1-7-16(17-6)14-9-8-13(11(2)3)10-15(14)12(4)5/h8-12,16H,7H2,1-6H3. The third-order valence-corrected chi connectivity index (χ3v) is 3.40. The van der Waals surface area contributed by atoms with Crippen molar-refractivity contribution in [2.45, 2.75) is 59.0 Å². The van der Waals surface area contributed by atoms with Crippen LogP contribution in [0.4, 0.5) is 0 Å². The van der Waals surface area contributed by atoms with Crippen molar-refractivity contribution < 1.29 is 4.74 Å². The Kier molecular flexibility index (Phi) is 5.20. The van der Waals surface area contributed by atoms with E-state index in [1.54, 1.807) is 7.11 Å². The number of benzene rings is 1. The molecule has 96 valence electrons. The van der Waals surface area contributed by atoms with Gasteiger partial charge >= 0.3 is 0 Å². The number of rotatable bonds is 5. The predicted octanol–water partition coefficient (Wildman–Crippen LogP) is 5.03. The zero-order valence-corrected chi connectivity index (χ0v) is 12.1. The van der Waals surface area contributed by atoms with E-state index in [-0.39, 0.29) is 6.10 Å². The smallest absolute Gasteiger partial charge is 0.0821 e. The molecule has 0 fully saturated rings. The molecule has 1 aromatic carbocycles. The molecule has 0 bridgehead atoms. The molecule has 1 nitrogen and oxygen atoms in total. The molecule has 0 spiro atoms. The number of ether oxygens (including phenoxy) is 1. The molecule has 1 heteroatoms. The lowest BCUT2D eigenvalue weighted by molar-refractivity contribution is 0.0990. The van der Waals surface area contributed by atoms with Crippen molar-refractivity contribution >= 4 is 0 Å². The summed E-state index contributed by atoms with van der Waals surface area (Å²) in [5.74, 6) is 1.14. The van der Waals surface area contributed by atoms with Crippen LogP contribution in [0.3, 0.4) is 0 Å². The summed E-state index contributed by atoms with van der Waals surface area (Å²) in [6.45, 7) is 11.2. The van der Waals surface area contributed by atoms with E-state index in [0.29, 0.717) is 11.8 Å². The Bertz CT molecular complexity index is 349. The van der Waals surface area contributed by atoms with E-state index < -0.39 is 0 Å². The molecule has 0 amide bonds. The number of methoxy groups -OCH3 is 1. The molecule has 0 aliphatic heterocycles. The first kappa shape index (κ1) is 14.2. The van der Waals surface area contributed by atoms with Gasteiger partial charge in [-0.05, 0) is 34.9 Å². The molecule has 1 atom stereocenters. The number of hydrogen-bond donors (Lipinski definition) is 0. The van der Waals surface area contributed by atoms with Gasteiger partial charge in [0.15, 0.2) is 0 Å². The van der Waals surface area contributed by atoms with Crippen molar-refractivity contribution in [2.24, 2.45) is 0 Å². The SMILES string of the molecule is CCC(OC)c1ccc(C(C)C)cc1C(C)C. The highest BCUT2D eigenvalue weighted by atomic mass is 16.5. The maximum atomic E-state index is 5.58. The predicted molar refractivity (Wildman–Crippen MR) is 74.7 cm³/mol. The quantitative estimate of drug-likeness (QED) is 0.694. The molecule has 0 heterocycles. The Balaban J connectivity index is 3.21. The summed E-state index contributed by atoms with van der Waals surface area (Å²) >= 11 is 0. The van der Waals surface area contributed by atoms with Gasteiger partial charge in [-0.25, -0.2) is 0 Å². The van der Waals surface area contributed by atoms with Gasteiger partial charge in [0.05, 0.1) is 6.10 Å². The fourth-order valence-corrected chi connectivity index (χ4v) is 2.26. The second kappa shape index (κ2) is 6.20. The molecule has 0 aromatic heterocycles. The van der Waals surface area contributed by atoms with Gasteiger partial charge < -0.3 is 4.74 Å². The molecular formula is C16H26O. The van der Waals surface area contributed by atoms with E-state index in [1.807, 2.05) is 0 Å². The minimum atomic E-state index is 0.230. The van der Waals surface area contributed by atoms with Gasteiger partial charge in [0, 0.05) is 7.11 Å². The highest BCUT2D eigenvalue weighted by Crippen LogP contribution is 2.31. The zero-order chi connectivity index (χ0) is 13.0. The largest absolute Gasteiger partial charge is 0.377 e. The van der Waals surface area contributed by atoms with Gasteiger partial charge in [-0.3, -0.25) is 0 Å². The Morgan fingerprint density at radius 3 is 2.06 bits per heavy atom. The van der Waals surface area contributed by atoms with Gasteiger partial charge in [-0.15, -0.1) is 0 Å². The molecule has 0 saturated heterocycles. The van der Waals surface area contributed by atoms with Crippen molar-refractivity contribution in [3.8, 4) is 0 Å². The highest BCUT2D eigenvalue weighted by molar-refractivity contribution is 5.37. The monoisotopic (exact) mass is 234 g/mol. The van der Waals surface area contributed by atoms with Gasteiger partial charge in [0.1, 0.15) is 0 Å². The normalized spacial score (nSPS) is 13.4. The molecule has 0 aliphatic carbocycles. The van der Waals surface area contributed by atoms with Crippen LogP contribution in [0.1, 0.15) is 75.7 Å². The van der Waals surface area contributed by atoms with Crippen LogP contribution < -0.4 is 0 Å². The first-order valence-electron chi connectivity index (χ1n) is 6.67. The van der Waals surface area contributed by atoms with Crippen molar-refractivity contribution in [2.75, 3.05) is 7.11 Å². The van der Waals surface area contributed by atoms with Gasteiger partial charge in [0.2, 0.25) is 0 Å². The molecule has 0 aliphatic rings. The lowest BCUT2D eigenvalue weighted by Crippen LogP contribution is -2.06. The van der Waals surface area contributed by atoms with Crippen LogP contribution in [0.25, 0.3) is 0 Å². The van der Waals surface area contributed by atoms with Crippen molar-refractivity contribution in [1.82, 2.24) is 0 Å². The van der Waals surface area contributed by atoms with Crippen molar-refractivity contribution in [3.63, 3.8) is 0 Å². The van der Waals surface area contributed by atoms with Gasteiger partial charge in [-0.1, -0.05) is 52.8 Å². The van der Waals surface area contributed by atoms with Crippen LogP contribution in [0.2, 0.25) is 0 Å². The Labute approximate surface area is 106 Å². The minimum absolute atomic E-state index is 0.230. The molecular weight excluding hydrogens is 208 g/mol. The highest BCUT2D eigenvalue weighted by Gasteiger charge is 2.16. The summed E-state index contributed by atoms with van der Waals surface area (Å²) in [7, 11) is 1.80. The van der Waals surface area contributed by atoms with Crippen molar-refractivity contribution in [1.29, 1.82) is 0 Å². The molecule has 0 N–H and O–H groups in total. The minimum Gasteiger partial charge on any atom is -0.377 e. The number of hydrogen-bond acceptors (Lipinski definition) is 1. The van der Waals surface area contributed by atoms with Gasteiger partial charge in [0.25, 0.3) is 0 Å². The van der Waals surface area contributed by atoms with E-state index in [0.717, 1.165) is 6.42 Å². The van der Waals surface area contributed by atoms with Crippen LogP contribution in [0, 0.1) is 0 Å². The molecule has 1 aromatic rings. The lowest BCUT2D eigenvalue weighted by atomic mass is 9.89. The fourth-order valence-electron chi connectivity index (χ4n) is 2.26. The van der Waals surface area contributed by atoms with Crippen molar-refractivity contribution in [3.05, 3.63) is 34.9 Å². The molecule has 1 unspecified atom stereocenters. The maximum Gasteiger partial charge on any atom is 0.0821 e.